The number of nitrogens with zero attached hydrogens (tertiary/aromatic N) is 1. The summed E-state index contributed by atoms with van der Waals surface area (Å²) in [6.45, 7) is 2.13. The SMILES string of the molecule is NCC1(O)CCN(CCc2ccccc2C(F)(F)F)CC1. The lowest BCUT2D eigenvalue weighted by Gasteiger charge is -2.37. The first-order valence-electron chi connectivity index (χ1n) is 7.14. The maximum absolute atomic E-state index is 12.9. The number of hydrogen-bond acceptors (Lipinski definition) is 3. The van der Waals surface area contributed by atoms with E-state index < -0.39 is 17.3 Å². The van der Waals surface area contributed by atoms with E-state index in [1.165, 1.54) is 12.1 Å². The summed E-state index contributed by atoms with van der Waals surface area (Å²) in [5, 5.41) is 10.0. The second-order valence-corrected chi connectivity index (χ2v) is 5.68. The number of hydrogen-bond donors (Lipinski definition) is 2. The first kappa shape index (κ1) is 16.3. The van der Waals surface area contributed by atoms with Gasteiger partial charge in [-0.3, -0.25) is 0 Å². The summed E-state index contributed by atoms with van der Waals surface area (Å²) in [6.07, 6.45) is -2.80. The molecule has 1 saturated heterocycles. The van der Waals surface area contributed by atoms with E-state index in [9.17, 15) is 18.3 Å². The highest BCUT2D eigenvalue weighted by Crippen LogP contribution is 2.32. The van der Waals surface area contributed by atoms with Gasteiger partial charge in [0.25, 0.3) is 0 Å². The highest BCUT2D eigenvalue weighted by Gasteiger charge is 2.33. The Morgan fingerprint density at radius 3 is 2.38 bits per heavy atom. The van der Waals surface area contributed by atoms with Gasteiger partial charge in [-0.2, -0.15) is 13.2 Å². The highest BCUT2D eigenvalue weighted by molar-refractivity contribution is 5.29. The molecule has 0 aliphatic carbocycles. The molecule has 0 atom stereocenters. The molecule has 0 spiro atoms. The highest BCUT2D eigenvalue weighted by atomic mass is 19.4. The topological polar surface area (TPSA) is 49.5 Å². The fourth-order valence-corrected chi connectivity index (χ4v) is 2.69. The van der Waals surface area contributed by atoms with Crippen molar-refractivity contribution in [1.82, 2.24) is 4.90 Å². The number of halogens is 3. The standard InChI is InChI=1S/C15H21F3N2O/c16-15(17,18)13-4-2-1-3-12(13)5-8-20-9-6-14(21,11-19)7-10-20/h1-4,21H,5-11,19H2. The molecule has 1 fully saturated rings. The molecule has 21 heavy (non-hydrogen) atoms. The Kier molecular flexibility index (Phi) is 4.91. The van der Waals surface area contributed by atoms with Crippen LogP contribution in [0.4, 0.5) is 13.2 Å². The summed E-state index contributed by atoms with van der Waals surface area (Å²) in [6, 6.07) is 5.70. The van der Waals surface area contributed by atoms with Gasteiger partial charge in [-0.1, -0.05) is 18.2 Å². The van der Waals surface area contributed by atoms with Gasteiger partial charge >= 0.3 is 6.18 Å². The lowest BCUT2D eigenvalue weighted by molar-refractivity contribution is -0.138. The molecule has 1 aliphatic heterocycles. The van der Waals surface area contributed by atoms with Crippen molar-refractivity contribution in [2.45, 2.75) is 31.0 Å². The van der Waals surface area contributed by atoms with Crippen LogP contribution in [0, 0.1) is 0 Å². The lowest BCUT2D eigenvalue weighted by Crippen LogP contribution is -2.49. The Morgan fingerprint density at radius 2 is 1.81 bits per heavy atom. The third-order valence-electron chi connectivity index (χ3n) is 4.19. The number of nitrogens with two attached hydrogens (primary N) is 1. The minimum atomic E-state index is -4.31. The van der Waals surface area contributed by atoms with Gasteiger partial charge in [0, 0.05) is 26.2 Å². The van der Waals surface area contributed by atoms with E-state index in [0.29, 0.717) is 44.5 Å². The zero-order chi connectivity index (χ0) is 15.5. The predicted molar refractivity (Wildman–Crippen MR) is 74.8 cm³/mol. The van der Waals surface area contributed by atoms with Gasteiger partial charge in [0.1, 0.15) is 0 Å². The number of aliphatic hydroxyl groups is 1. The summed E-state index contributed by atoms with van der Waals surface area (Å²) < 4.78 is 38.7. The lowest BCUT2D eigenvalue weighted by atomic mass is 9.91. The molecule has 2 rings (SSSR count). The van der Waals surface area contributed by atoms with E-state index in [1.807, 2.05) is 0 Å². The molecule has 118 valence electrons. The average molecular weight is 302 g/mol. The molecule has 1 aliphatic rings. The predicted octanol–water partition coefficient (Wildman–Crippen LogP) is 2.03. The van der Waals surface area contributed by atoms with Crippen LogP contribution in [0.15, 0.2) is 24.3 Å². The Morgan fingerprint density at radius 1 is 1.19 bits per heavy atom. The number of rotatable bonds is 4. The number of alkyl halides is 3. The van der Waals surface area contributed by atoms with Crippen LogP contribution in [-0.2, 0) is 12.6 Å². The van der Waals surface area contributed by atoms with Crippen molar-refractivity contribution in [2.75, 3.05) is 26.2 Å². The minimum Gasteiger partial charge on any atom is -0.388 e. The largest absolute Gasteiger partial charge is 0.416 e. The molecular weight excluding hydrogens is 281 g/mol. The minimum absolute atomic E-state index is 0.234. The second-order valence-electron chi connectivity index (χ2n) is 5.68. The first-order valence-corrected chi connectivity index (χ1v) is 7.14. The van der Waals surface area contributed by atoms with Crippen LogP contribution in [0.5, 0.6) is 0 Å². The van der Waals surface area contributed by atoms with Crippen molar-refractivity contribution in [3.05, 3.63) is 35.4 Å². The van der Waals surface area contributed by atoms with E-state index in [-0.39, 0.29) is 6.54 Å². The molecule has 0 amide bonds. The smallest absolute Gasteiger partial charge is 0.388 e. The van der Waals surface area contributed by atoms with Crippen LogP contribution in [-0.4, -0.2) is 41.8 Å². The molecular formula is C15H21F3N2O. The van der Waals surface area contributed by atoms with Crippen LogP contribution < -0.4 is 5.73 Å². The Bertz CT molecular complexity index is 468. The number of piperidine rings is 1. The van der Waals surface area contributed by atoms with E-state index in [4.69, 9.17) is 5.73 Å². The third-order valence-corrected chi connectivity index (χ3v) is 4.19. The molecule has 0 bridgehead atoms. The van der Waals surface area contributed by atoms with Gasteiger partial charge in [-0.25, -0.2) is 0 Å². The zero-order valence-electron chi connectivity index (χ0n) is 11.9. The quantitative estimate of drug-likeness (QED) is 0.895. The molecule has 1 aromatic rings. The fourth-order valence-electron chi connectivity index (χ4n) is 2.69. The third kappa shape index (κ3) is 4.18. The van der Waals surface area contributed by atoms with Crippen LogP contribution >= 0.6 is 0 Å². The van der Waals surface area contributed by atoms with Crippen molar-refractivity contribution in [3.63, 3.8) is 0 Å². The van der Waals surface area contributed by atoms with Crippen LogP contribution in [0.25, 0.3) is 0 Å². The molecule has 0 saturated carbocycles. The van der Waals surface area contributed by atoms with Crippen molar-refractivity contribution in [1.29, 1.82) is 0 Å². The monoisotopic (exact) mass is 302 g/mol. The van der Waals surface area contributed by atoms with Crippen molar-refractivity contribution < 1.29 is 18.3 Å². The number of benzene rings is 1. The van der Waals surface area contributed by atoms with Gasteiger partial charge in [-0.05, 0) is 30.9 Å². The average Bonchev–Trinajstić information content (AvgIpc) is 2.46. The summed E-state index contributed by atoms with van der Waals surface area (Å²) in [5.41, 5.74) is 4.49. The first-order chi connectivity index (χ1) is 9.84. The molecule has 3 N–H and O–H groups in total. The van der Waals surface area contributed by atoms with Crippen molar-refractivity contribution in [2.24, 2.45) is 5.73 Å². The molecule has 0 aromatic heterocycles. The maximum atomic E-state index is 12.9. The molecule has 1 heterocycles. The van der Waals surface area contributed by atoms with E-state index in [0.717, 1.165) is 6.07 Å². The second kappa shape index (κ2) is 6.34. The van der Waals surface area contributed by atoms with Crippen molar-refractivity contribution in [3.8, 4) is 0 Å². The summed E-state index contributed by atoms with van der Waals surface area (Å²) in [5.74, 6) is 0. The number of likely N-dealkylation sites (tertiary alicyclic amines) is 1. The van der Waals surface area contributed by atoms with E-state index in [2.05, 4.69) is 4.90 Å². The van der Waals surface area contributed by atoms with Crippen LogP contribution in [0.3, 0.4) is 0 Å². The molecule has 0 radical (unpaired) electrons. The van der Waals surface area contributed by atoms with Gasteiger partial charge in [0.2, 0.25) is 0 Å². The van der Waals surface area contributed by atoms with E-state index >= 15 is 0 Å². The summed E-state index contributed by atoms with van der Waals surface area (Å²) in [7, 11) is 0. The Labute approximate surface area is 122 Å². The maximum Gasteiger partial charge on any atom is 0.416 e. The zero-order valence-corrected chi connectivity index (χ0v) is 11.9. The van der Waals surface area contributed by atoms with Gasteiger partial charge in [0.05, 0.1) is 11.2 Å². The molecule has 1 aromatic carbocycles. The fraction of sp³-hybridized carbons (Fsp3) is 0.600. The van der Waals surface area contributed by atoms with Gasteiger partial charge in [0.15, 0.2) is 0 Å². The van der Waals surface area contributed by atoms with E-state index in [1.54, 1.807) is 6.07 Å². The molecule has 6 heteroatoms. The Hall–Kier alpha value is -1.11. The van der Waals surface area contributed by atoms with Gasteiger partial charge < -0.3 is 15.7 Å². The molecule has 3 nitrogen and oxygen atoms in total. The van der Waals surface area contributed by atoms with Crippen LogP contribution in [0.2, 0.25) is 0 Å². The molecule has 0 unspecified atom stereocenters. The summed E-state index contributed by atoms with van der Waals surface area (Å²) >= 11 is 0. The summed E-state index contributed by atoms with van der Waals surface area (Å²) in [4.78, 5) is 2.08. The van der Waals surface area contributed by atoms with Gasteiger partial charge in [-0.15, -0.1) is 0 Å². The van der Waals surface area contributed by atoms with Crippen LogP contribution in [0.1, 0.15) is 24.0 Å². The Balaban J connectivity index is 1.93. The normalized spacial score (nSPS) is 19.7. The van der Waals surface area contributed by atoms with Crippen molar-refractivity contribution >= 4 is 0 Å².